The fourth-order valence-corrected chi connectivity index (χ4v) is 2.49. The minimum absolute atomic E-state index is 0.0840. The number of fused-ring (bicyclic) bond motifs is 1. The number of hydrogen-bond donors (Lipinski definition) is 1. The normalized spacial score (nSPS) is 11.3. The van der Waals surface area contributed by atoms with Crippen LogP contribution < -0.4 is 0 Å². The second-order valence-corrected chi connectivity index (χ2v) is 5.77. The highest BCUT2D eigenvalue weighted by Gasteiger charge is 2.17. The number of isocyanates is 1. The van der Waals surface area contributed by atoms with Crippen molar-refractivity contribution in [3.8, 4) is 11.5 Å². The van der Waals surface area contributed by atoms with Crippen LogP contribution in [0.4, 0.5) is 5.69 Å². The second kappa shape index (κ2) is 5.19. The third-order valence-electron chi connectivity index (χ3n) is 2.96. The topological polar surface area (TPSA) is 110 Å². The van der Waals surface area contributed by atoms with Gasteiger partial charge in [-0.05, 0) is 30.3 Å². The highest BCUT2D eigenvalue weighted by atomic mass is 32.2. The molecule has 8 heteroatoms. The van der Waals surface area contributed by atoms with E-state index >= 15 is 0 Å². The Labute approximate surface area is 124 Å². The molecule has 7 nitrogen and oxygen atoms in total. The van der Waals surface area contributed by atoms with Gasteiger partial charge < -0.3 is 4.42 Å². The Balaban J connectivity index is 2.28. The van der Waals surface area contributed by atoms with Crippen LogP contribution in [0.15, 0.2) is 56.8 Å². The van der Waals surface area contributed by atoms with E-state index in [2.05, 4.69) is 9.98 Å². The third-order valence-corrected chi connectivity index (χ3v) is 3.81. The predicted molar refractivity (Wildman–Crippen MR) is 77.0 cm³/mol. The molecule has 0 aliphatic heterocycles. The van der Waals surface area contributed by atoms with Crippen molar-refractivity contribution in [2.75, 3.05) is 0 Å². The van der Waals surface area contributed by atoms with Gasteiger partial charge in [0.05, 0.1) is 16.1 Å². The molecule has 0 spiro atoms. The zero-order chi connectivity index (χ0) is 15.7. The molecular weight excluding hydrogens is 308 g/mol. The number of aliphatic imine (C=N–C) groups is 1. The van der Waals surface area contributed by atoms with Crippen molar-refractivity contribution < 1.29 is 22.2 Å². The summed E-state index contributed by atoms with van der Waals surface area (Å²) in [5.74, 6) is 0.0840. The maximum atomic E-state index is 11.3. The Bertz CT molecular complexity index is 984. The lowest BCUT2D eigenvalue weighted by atomic mass is 10.2. The van der Waals surface area contributed by atoms with E-state index in [1.54, 1.807) is 24.3 Å². The molecule has 1 heterocycles. The van der Waals surface area contributed by atoms with Crippen molar-refractivity contribution in [1.29, 1.82) is 0 Å². The summed E-state index contributed by atoms with van der Waals surface area (Å²) in [7, 11) is -4.40. The summed E-state index contributed by atoms with van der Waals surface area (Å²) in [6.45, 7) is 0. The molecular formula is C14H8N2O5S. The molecule has 0 saturated heterocycles. The number of aromatic nitrogens is 1. The van der Waals surface area contributed by atoms with Gasteiger partial charge in [-0.15, -0.1) is 0 Å². The lowest BCUT2D eigenvalue weighted by molar-refractivity contribution is 0.483. The Morgan fingerprint density at radius 2 is 1.95 bits per heavy atom. The number of para-hydroxylation sites is 2. The molecule has 0 saturated carbocycles. The summed E-state index contributed by atoms with van der Waals surface area (Å²) in [5, 5.41) is 0. The van der Waals surface area contributed by atoms with Crippen molar-refractivity contribution in [2.24, 2.45) is 4.99 Å². The van der Waals surface area contributed by atoms with E-state index in [4.69, 9.17) is 8.97 Å². The monoisotopic (exact) mass is 316 g/mol. The molecule has 110 valence electrons. The van der Waals surface area contributed by atoms with E-state index in [-0.39, 0.29) is 22.0 Å². The summed E-state index contributed by atoms with van der Waals surface area (Å²) < 4.78 is 37.2. The predicted octanol–water partition coefficient (Wildman–Crippen LogP) is 2.71. The van der Waals surface area contributed by atoms with Gasteiger partial charge in [0.25, 0.3) is 10.1 Å². The fraction of sp³-hybridized carbons (Fsp3) is 0. The first kappa shape index (κ1) is 14.2. The molecule has 3 rings (SSSR count). The maximum absolute atomic E-state index is 11.3. The molecule has 1 N–H and O–H groups in total. The lowest BCUT2D eigenvalue weighted by Crippen LogP contribution is -1.98. The molecule has 0 atom stereocenters. The van der Waals surface area contributed by atoms with Gasteiger partial charge in [-0.2, -0.15) is 13.4 Å². The van der Waals surface area contributed by atoms with Crippen LogP contribution >= 0.6 is 0 Å². The molecule has 3 aromatic rings. The van der Waals surface area contributed by atoms with Gasteiger partial charge in [0, 0.05) is 0 Å². The van der Waals surface area contributed by atoms with Crippen LogP contribution in [0, 0.1) is 0 Å². The Morgan fingerprint density at radius 1 is 1.18 bits per heavy atom. The summed E-state index contributed by atoms with van der Waals surface area (Å²) >= 11 is 0. The number of benzene rings is 2. The van der Waals surface area contributed by atoms with Crippen molar-refractivity contribution in [3.63, 3.8) is 0 Å². The molecule has 0 unspecified atom stereocenters. The van der Waals surface area contributed by atoms with Crippen molar-refractivity contribution >= 4 is 33.0 Å². The average molecular weight is 316 g/mol. The molecule has 0 radical (unpaired) electrons. The fourth-order valence-electron chi connectivity index (χ4n) is 1.98. The largest absolute Gasteiger partial charge is 0.436 e. The highest BCUT2D eigenvalue weighted by Crippen LogP contribution is 2.33. The summed E-state index contributed by atoms with van der Waals surface area (Å²) in [6.07, 6.45) is 1.38. The van der Waals surface area contributed by atoms with Crippen molar-refractivity contribution in [1.82, 2.24) is 4.98 Å². The maximum Gasteiger partial charge on any atom is 0.294 e. The van der Waals surface area contributed by atoms with Crippen LogP contribution in [-0.2, 0) is 14.9 Å². The summed E-state index contributed by atoms with van der Waals surface area (Å²) in [5.41, 5.74) is 1.36. The molecule has 1 aromatic heterocycles. The number of hydrogen-bond acceptors (Lipinski definition) is 6. The first-order valence-electron chi connectivity index (χ1n) is 6.04. The quantitative estimate of drug-likeness (QED) is 0.452. The Hall–Kier alpha value is -2.80. The van der Waals surface area contributed by atoms with Crippen LogP contribution in [0.3, 0.4) is 0 Å². The molecule has 0 aliphatic carbocycles. The van der Waals surface area contributed by atoms with Crippen LogP contribution in [0.5, 0.6) is 0 Å². The van der Waals surface area contributed by atoms with Gasteiger partial charge in [-0.1, -0.05) is 12.1 Å². The molecule has 0 fully saturated rings. The summed E-state index contributed by atoms with van der Waals surface area (Å²) in [4.78, 5) is 17.9. The number of nitrogens with zero attached hydrogens (tertiary/aromatic N) is 2. The minimum Gasteiger partial charge on any atom is -0.436 e. The zero-order valence-corrected chi connectivity index (χ0v) is 11.7. The molecule has 2 aromatic carbocycles. The van der Waals surface area contributed by atoms with E-state index in [9.17, 15) is 13.2 Å². The van der Waals surface area contributed by atoms with Gasteiger partial charge >= 0.3 is 0 Å². The Morgan fingerprint density at radius 3 is 2.64 bits per heavy atom. The van der Waals surface area contributed by atoms with E-state index < -0.39 is 10.1 Å². The van der Waals surface area contributed by atoms with Crippen LogP contribution in [0.25, 0.3) is 22.6 Å². The third kappa shape index (κ3) is 2.53. The van der Waals surface area contributed by atoms with E-state index in [1.807, 2.05) is 0 Å². The van der Waals surface area contributed by atoms with E-state index in [1.165, 1.54) is 12.1 Å². The molecule has 0 bridgehead atoms. The van der Waals surface area contributed by atoms with Gasteiger partial charge in [0.2, 0.25) is 12.0 Å². The summed E-state index contributed by atoms with van der Waals surface area (Å²) in [6, 6.07) is 10.5. The van der Waals surface area contributed by atoms with E-state index in [0.717, 1.165) is 12.1 Å². The SMILES string of the molecule is O=C=Nc1ccc(S(=O)(=O)O)cc1-c1nc2ccccc2o1. The molecule has 0 amide bonds. The zero-order valence-electron chi connectivity index (χ0n) is 10.9. The number of rotatable bonds is 3. The number of oxazole rings is 1. The smallest absolute Gasteiger partial charge is 0.294 e. The Kier molecular flexibility index (Phi) is 3.34. The van der Waals surface area contributed by atoms with Gasteiger partial charge in [-0.25, -0.2) is 9.78 Å². The van der Waals surface area contributed by atoms with Gasteiger partial charge in [0.1, 0.15) is 5.52 Å². The molecule has 22 heavy (non-hydrogen) atoms. The van der Waals surface area contributed by atoms with Crippen molar-refractivity contribution in [3.05, 3.63) is 42.5 Å². The van der Waals surface area contributed by atoms with Crippen molar-refractivity contribution in [2.45, 2.75) is 4.90 Å². The van der Waals surface area contributed by atoms with Crippen LogP contribution in [0.2, 0.25) is 0 Å². The minimum atomic E-state index is -4.40. The van der Waals surface area contributed by atoms with Crippen LogP contribution in [-0.4, -0.2) is 24.0 Å². The standard InChI is InChI=1S/C14H8N2O5S/c17-8-15-11-6-5-9(22(18,19)20)7-10(11)14-16-12-3-1-2-4-13(12)21-14/h1-7H,(H,18,19,20). The first-order chi connectivity index (χ1) is 10.5. The molecule has 0 aliphatic rings. The highest BCUT2D eigenvalue weighted by molar-refractivity contribution is 7.85. The van der Waals surface area contributed by atoms with E-state index in [0.29, 0.717) is 11.1 Å². The second-order valence-electron chi connectivity index (χ2n) is 4.34. The lowest BCUT2D eigenvalue weighted by Gasteiger charge is -2.03. The van der Waals surface area contributed by atoms with Gasteiger partial charge in [0.15, 0.2) is 5.58 Å². The average Bonchev–Trinajstić information content (AvgIpc) is 2.90. The number of carbonyl (C=O) groups excluding carboxylic acids is 1. The van der Waals surface area contributed by atoms with Gasteiger partial charge in [-0.3, -0.25) is 4.55 Å². The first-order valence-corrected chi connectivity index (χ1v) is 7.48. The van der Waals surface area contributed by atoms with Crippen LogP contribution in [0.1, 0.15) is 0 Å².